The smallest absolute Gasteiger partial charge is 0.328 e. The zero-order valence-electron chi connectivity index (χ0n) is 33.3. The van der Waals surface area contributed by atoms with Crippen molar-refractivity contribution in [2.24, 2.45) is 0 Å². The van der Waals surface area contributed by atoms with Crippen molar-refractivity contribution in [3.05, 3.63) is 24.3 Å². The molecule has 0 aromatic heterocycles. The number of ether oxygens (including phenoxy) is 1. The van der Waals surface area contributed by atoms with Crippen molar-refractivity contribution >= 4 is 23.8 Å². The summed E-state index contributed by atoms with van der Waals surface area (Å²) in [5.74, 6) is -2.41. The maximum absolute atomic E-state index is 12.7. The molecule has 0 aliphatic carbocycles. The van der Waals surface area contributed by atoms with Gasteiger partial charge in [0, 0.05) is 12.8 Å². The third-order valence-electron chi connectivity index (χ3n) is 9.44. The van der Waals surface area contributed by atoms with Crippen LogP contribution in [0.15, 0.2) is 24.3 Å². The average Bonchev–Trinajstić information content (AvgIpc) is 3.13. The number of nitrogens with one attached hydrogen (secondary N) is 2. The molecule has 9 nitrogen and oxygen atoms in total. The fourth-order valence-corrected chi connectivity index (χ4v) is 6.13. The Labute approximate surface area is 317 Å². The van der Waals surface area contributed by atoms with Gasteiger partial charge in [-0.1, -0.05) is 160 Å². The van der Waals surface area contributed by atoms with Gasteiger partial charge in [-0.05, 0) is 51.0 Å². The number of carboxylic acid groups (broad SMARTS) is 1. The summed E-state index contributed by atoms with van der Waals surface area (Å²) in [5.41, 5.74) is 0. The summed E-state index contributed by atoms with van der Waals surface area (Å²) >= 11 is 0. The molecule has 9 heteroatoms. The second kappa shape index (κ2) is 38.1. The highest BCUT2D eigenvalue weighted by molar-refractivity contribution is 5.87. The first-order chi connectivity index (χ1) is 25.3. The van der Waals surface area contributed by atoms with Crippen molar-refractivity contribution in [2.75, 3.05) is 13.2 Å². The van der Waals surface area contributed by atoms with Crippen LogP contribution < -0.4 is 10.6 Å². The summed E-state index contributed by atoms with van der Waals surface area (Å²) in [6.07, 6.45) is 40.8. The van der Waals surface area contributed by atoms with Crippen LogP contribution in [0.1, 0.15) is 200 Å². The lowest BCUT2D eigenvalue weighted by molar-refractivity contribution is -0.147. The Bertz CT molecular complexity index is 936. The molecule has 2 amide bonds. The quantitative estimate of drug-likeness (QED) is 0.0281. The number of hydrogen-bond acceptors (Lipinski definition) is 6. The molecule has 0 saturated carbocycles. The van der Waals surface area contributed by atoms with Crippen LogP contribution >= 0.6 is 0 Å². The Balaban J connectivity index is 4.29. The van der Waals surface area contributed by atoms with E-state index < -0.39 is 24.5 Å². The molecular formula is C43H78N2O7. The zero-order chi connectivity index (χ0) is 38.3. The molecular weight excluding hydrogens is 656 g/mol. The summed E-state index contributed by atoms with van der Waals surface area (Å²) in [7, 11) is 0. The molecule has 0 bridgehead atoms. The van der Waals surface area contributed by atoms with E-state index in [1.54, 1.807) is 0 Å². The van der Waals surface area contributed by atoms with Gasteiger partial charge in [0.25, 0.3) is 0 Å². The molecule has 0 aromatic carbocycles. The Morgan fingerprint density at radius 3 is 1.63 bits per heavy atom. The second-order valence-electron chi connectivity index (χ2n) is 14.4. The molecule has 0 spiro atoms. The summed E-state index contributed by atoms with van der Waals surface area (Å²) in [6.45, 7) is 3.43. The minimum atomic E-state index is -1.39. The van der Waals surface area contributed by atoms with Gasteiger partial charge in [-0.15, -0.1) is 0 Å². The normalized spacial score (nSPS) is 12.7. The first-order valence-corrected chi connectivity index (χ1v) is 21.2. The lowest BCUT2D eigenvalue weighted by Gasteiger charge is -2.15. The van der Waals surface area contributed by atoms with E-state index in [4.69, 9.17) is 14.9 Å². The Morgan fingerprint density at radius 1 is 0.596 bits per heavy atom. The van der Waals surface area contributed by atoms with Crippen molar-refractivity contribution in [1.82, 2.24) is 10.6 Å². The van der Waals surface area contributed by atoms with Crippen molar-refractivity contribution in [2.45, 2.75) is 212 Å². The van der Waals surface area contributed by atoms with Crippen LogP contribution in [0.25, 0.3) is 0 Å². The number of amides is 2. The molecule has 0 heterocycles. The van der Waals surface area contributed by atoms with E-state index in [9.17, 15) is 19.2 Å². The Morgan fingerprint density at radius 2 is 1.10 bits per heavy atom. The van der Waals surface area contributed by atoms with Crippen molar-refractivity contribution < 1.29 is 34.1 Å². The SMILES string of the molecule is CCCCCC/C=C\C/C=C\C(CCCCCCC(=O)NCC(=O)NC(CO)C(=O)O)OC(=O)CCCCCCCCCCCCCCCCCC. The van der Waals surface area contributed by atoms with Gasteiger partial charge in [-0.25, -0.2) is 4.79 Å². The molecule has 4 N–H and O–H groups in total. The first-order valence-electron chi connectivity index (χ1n) is 21.2. The average molecular weight is 735 g/mol. The van der Waals surface area contributed by atoms with Crippen LogP contribution in [0.4, 0.5) is 0 Å². The van der Waals surface area contributed by atoms with Crippen LogP contribution in [0, 0.1) is 0 Å². The van der Waals surface area contributed by atoms with Gasteiger partial charge >= 0.3 is 11.9 Å². The highest BCUT2D eigenvalue weighted by Gasteiger charge is 2.18. The largest absolute Gasteiger partial charge is 0.480 e. The molecule has 0 saturated heterocycles. The number of esters is 1. The summed E-state index contributed by atoms with van der Waals surface area (Å²) in [5, 5.41) is 22.5. The van der Waals surface area contributed by atoms with E-state index in [0.717, 1.165) is 51.4 Å². The number of allylic oxidation sites excluding steroid dienone is 3. The molecule has 2 atom stereocenters. The number of unbranched alkanes of at least 4 members (excludes halogenated alkanes) is 22. The number of carboxylic acids is 1. The zero-order valence-corrected chi connectivity index (χ0v) is 33.3. The minimum absolute atomic E-state index is 0.124. The summed E-state index contributed by atoms with van der Waals surface area (Å²) < 4.78 is 5.89. The molecule has 0 rings (SSSR count). The number of aliphatic hydroxyl groups excluding tert-OH is 1. The fraction of sp³-hybridized carbons (Fsp3) is 0.814. The van der Waals surface area contributed by atoms with Crippen molar-refractivity contribution in [3.63, 3.8) is 0 Å². The molecule has 52 heavy (non-hydrogen) atoms. The molecule has 0 radical (unpaired) electrons. The van der Waals surface area contributed by atoms with Crippen LogP contribution in [0.5, 0.6) is 0 Å². The lowest BCUT2D eigenvalue weighted by Crippen LogP contribution is -2.47. The van der Waals surface area contributed by atoms with Gasteiger partial charge in [0.2, 0.25) is 11.8 Å². The standard InChI is InChI=1S/C43H78N2O7/c1-3-5-7-9-11-13-14-15-16-17-18-19-21-23-25-31-35-42(49)52-38(32-28-24-22-20-12-10-8-6-4-2)33-29-26-27-30-34-40(47)44-36-41(48)45-39(37-46)43(50)51/h20,22,28,32,38-39,46H,3-19,21,23-27,29-31,33-37H2,1-2H3,(H,44,47)(H,45,48)(H,50,51)/b22-20-,32-28-. The van der Waals surface area contributed by atoms with Gasteiger partial charge in [0.15, 0.2) is 0 Å². The number of aliphatic carboxylic acids is 1. The molecule has 302 valence electrons. The van der Waals surface area contributed by atoms with E-state index in [-0.39, 0.29) is 30.9 Å². The van der Waals surface area contributed by atoms with Gasteiger partial charge in [-0.2, -0.15) is 0 Å². The van der Waals surface area contributed by atoms with Crippen LogP contribution in [-0.4, -0.2) is 59.3 Å². The number of hydrogen-bond donors (Lipinski definition) is 4. The van der Waals surface area contributed by atoms with Gasteiger partial charge < -0.3 is 25.6 Å². The van der Waals surface area contributed by atoms with E-state index in [2.05, 4.69) is 42.7 Å². The predicted molar refractivity (Wildman–Crippen MR) is 213 cm³/mol. The molecule has 0 aliphatic rings. The maximum atomic E-state index is 12.7. The van der Waals surface area contributed by atoms with E-state index >= 15 is 0 Å². The molecule has 2 unspecified atom stereocenters. The van der Waals surface area contributed by atoms with E-state index in [0.29, 0.717) is 12.8 Å². The fourth-order valence-electron chi connectivity index (χ4n) is 6.13. The molecule has 0 aliphatic heterocycles. The van der Waals surface area contributed by atoms with Crippen molar-refractivity contribution in [3.8, 4) is 0 Å². The molecule has 0 fully saturated rings. The summed E-state index contributed by atoms with van der Waals surface area (Å²) in [6, 6.07) is -1.39. The lowest BCUT2D eigenvalue weighted by atomic mass is 10.0. The maximum Gasteiger partial charge on any atom is 0.328 e. The van der Waals surface area contributed by atoms with E-state index in [1.165, 1.54) is 116 Å². The second-order valence-corrected chi connectivity index (χ2v) is 14.4. The van der Waals surface area contributed by atoms with Crippen molar-refractivity contribution in [1.29, 1.82) is 0 Å². The first kappa shape index (κ1) is 49.3. The van der Waals surface area contributed by atoms with Crippen LogP contribution in [0.2, 0.25) is 0 Å². The highest BCUT2D eigenvalue weighted by atomic mass is 16.5. The monoisotopic (exact) mass is 735 g/mol. The third-order valence-corrected chi connectivity index (χ3v) is 9.44. The van der Waals surface area contributed by atoms with Crippen LogP contribution in [-0.2, 0) is 23.9 Å². The van der Waals surface area contributed by atoms with Gasteiger partial charge in [-0.3, -0.25) is 14.4 Å². The van der Waals surface area contributed by atoms with Gasteiger partial charge in [0.1, 0.15) is 12.1 Å². The minimum Gasteiger partial charge on any atom is -0.480 e. The number of aliphatic hydroxyl groups is 1. The number of carbonyl (C=O) groups excluding carboxylic acids is 3. The van der Waals surface area contributed by atoms with E-state index in [1.807, 2.05) is 6.08 Å². The number of carbonyl (C=O) groups is 4. The van der Waals surface area contributed by atoms with Crippen LogP contribution in [0.3, 0.4) is 0 Å². The number of rotatable bonds is 38. The summed E-state index contributed by atoms with van der Waals surface area (Å²) in [4.78, 5) is 47.5. The Kier molecular flexibility index (Phi) is 36.1. The molecule has 0 aromatic rings. The third kappa shape index (κ3) is 34.4. The van der Waals surface area contributed by atoms with Gasteiger partial charge in [0.05, 0.1) is 13.2 Å². The topological polar surface area (TPSA) is 142 Å². The predicted octanol–water partition coefficient (Wildman–Crippen LogP) is 10.0. The Hall–Kier alpha value is -2.68. The highest BCUT2D eigenvalue weighted by Crippen LogP contribution is 2.16.